The fourth-order valence-electron chi connectivity index (χ4n) is 2.87. The van der Waals surface area contributed by atoms with Crippen LogP contribution in [0.15, 0.2) is 48.5 Å². The number of pyridine rings is 1. The molecule has 0 unspecified atom stereocenters. The molecule has 0 aliphatic rings. The number of phenols is 1. The summed E-state index contributed by atoms with van der Waals surface area (Å²) in [4.78, 5) is 4.39. The molecule has 3 rings (SSSR count). The molecule has 0 atom stereocenters. The average molecular weight is 417 g/mol. The van der Waals surface area contributed by atoms with Gasteiger partial charge in [-0.15, -0.1) is 0 Å². The van der Waals surface area contributed by atoms with Crippen molar-refractivity contribution >= 4 is 28.8 Å². The summed E-state index contributed by atoms with van der Waals surface area (Å²) in [5.74, 6) is 0.388. The molecule has 0 saturated heterocycles. The standard InChI is InChI=1S/C21H22ClFN4O2/c22-15-2-5-18(14(9-15)11-23)26-16-3-6-20(29)17(10-16)19-4-1-13(21(24)27-19)12-25-7-8-28/h1-6,9-10,25-26,28-29H,7-8,11-12H2,(H2,24,27). The van der Waals surface area contributed by atoms with E-state index in [-0.39, 0.29) is 12.4 Å². The number of nitrogens with zero attached hydrogens (tertiary/aromatic N) is 1. The van der Waals surface area contributed by atoms with Crippen LogP contribution in [0.2, 0.25) is 5.02 Å². The molecule has 29 heavy (non-hydrogen) atoms. The average Bonchev–Trinajstić information content (AvgIpc) is 2.72. The lowest BCUT2D eigenvalue weighted by Gasteiger charge is -2.13. The number of phenolic OH excluding ortho intramolecular Hbond substituents is 1. The number of rotatable bonds is 8. The van der Waals surface area contributed by atoms with E-state index in [1.54, 1.807) is 36.4 Å². The number of aromatic hydroxyl groups is 1. The van der Waals surface area contributed by atoms with Crippen molar-refractivity contribution < 1.29 is 14.6 Å². The van der Waals surface area contributed by atoms with E-state index in [1.165, 1.54) is 6.07 Å². The van der Waals surface area contributed by atoms with Gasteiger partial charge in [-0.2, -0.15) is 0 Å². The second-order valence-corrected chi connectivity index (χ2v) is 6.87. The van der Waals surface area contributed by atoms with Gasteiger partial charge in [0.2, 0.25) is 0 Å². The van der Waals surface area contributed by atoms with E-state index in [0.29, 0.717) is 52.1 Å². The fraction of sp³-hybridized carbons (Fsp3) is 0.190. The highest BCUT2D eigenvalue weighted by Crippen LogP contribution is 2.33. The number of hydrogen-bond acceptors (Lipinski definition) is 6. The number of nitrogen functional groups attached to an aromatic ring is 1. The van der Waals surface area contributed by atoms with Crippen LogP contribution in [0.25, 0.3) is 11.3 Å². The van der Waals surface area contributed by atoms with Crippen molar-refractivity contribution in [2.24, 2.45) is 0 Å². The van der Waals surface area contributed by atoms with E-state index in [2.05, 4.69) is 15.6 Å². The van der Waals surface area contributed by atoms with Gasteiger partial charge in [0, 0.05) is 46.2 Å². The number of aliphatic hydroxyl groups excluding tert-OH is 1. The molecule has 0 spiro atoms. The molecule has 0 radical (unpaired) electrons. The monoisotopic (exact) mass is 416 g/mol. The Kier molecular flexibility index (Phi) is 6.87. The SMILES string of the molecule is Nc1nc(-c2cc(Nc3ccc(Cl)cc3CF)ccc2O)ccc1CNCCO. The fourth-order valence-corrected chi connectivity index (χ4v) is 3.07. The molecule has 0 fully saturated rings. The van der Waals surface area contributed by atoms with Gasteiger partial charge in [-0.1, -0.05) is 17.7 Å². The molecule has 8 heteroatoms. The van der Waals surface area contributed by atoms with Crippen LogP contribution in [0.5, 0.6) is 5.75 Å². The Bertz CT molecular complexity index is 1000. The van der Waals surface area contributed by atoms with E-state index in [4.69, 9.17) is 22.4 Å². The summed E-state index contributed by atoms with van der Waals surface area (Å²) in [6.45, 7) is 0.325. The predicted molar refractivity (Wildman–Crippen MR) is 114 cm³/mol. The van der Waals surface area contributed by atoms with Gasteiger partial charge < -0.3 is 26.6 Å². The summed E-state index contributed by atoms with van der Waals surface area (Å²) >= 11 is 5.93. The zero-order valence-corrected chi connectivity index (χ0v) is 16.4. The van der Waals surface area contributed by atoms with Crippen LogP contribution in [0.3, 0.4) is 0 Å². The molecule has 6 nitrogen and oxygen atoms in total. The quantitative estimate of drug-likeness (QED) is 0.281. The molecule has 0 aliphatic carbocycles. The minimum absolute atomic E-state index is 0.0385. The molecule has 152 valence electrons. The Morgan fingerprint density at radius 2 is 1.90 bits per heavy atom. The van der Waals surface area contributed by atoms with Crippen molar-refractivity contribution in [2.45, 2.75) is 13.2 Å². The van der Waals surface area contributed by atoms with Crippen LogP contribution < -0.4 is 16.4 Å². The van der Waals surface area contributed by atoms with E-state index in [1.807, 2.05) is 6.07 Å². The summed E-state index contributed by atoms with van der Waals surface area (Å²) in [5.41, 5.74) is 9.52. The molecule has 1 heterocycles. The Labute approximate surface area is 173 Å². The van der Waals surface area contributed by atoms with Crippen molar-refractivity contribution in [3.8, 4) is 17.0 Å². The van der Waals surface area contributed by atoms with Gasteiger partial charge in [0.1, 0.15) is 18.2 Å². The Morgan fingerprint density at radius 3 is 2.62 bits per heavy atom. The van der Waals surface area contributed by atoms with E-state index < -0.39 is 6.67 Å². The van der Waals surface area contributed by atoms with Crippen molar-refractivity contribution in [3.63, 3.8) is 0 Å². The van der Waals surface area contributed by atoms with Gasteiger partial charge in [0.15, 0.2) is 0 Å². The summed E-state index contributed by atoms with van der Waals surface area (Å²) in [5, 5.41) is 25.8. The molecule has 6 N–H and O–H groups in total. The second-order valence-electron chi connectivity index (χ2n) is 6.43. The molecule has 0 amide bonds. The molecule has 3 aromatic rings. The minimum Gasteiger partial charge on any atom is -0.507 e. The van der Waals surface area contributed by atoms with Crippen molar-refractivity contribution in [1.82, 2.24) is 10.3 Å². The number of benzene rings is 2. The summed E-state index contributed by atoms with van der Waals surface area (Å²) in [6, 6.07) is 13.5. The van der Waals surface area contributed by atoms with Crippen molar-refractivity contribution in [1.29, 1.82) is 0 Å². The van der Waals surface area contributed by atoms with Gasteiger partial charge in [-0.3, -0.25) is 0 Å². The number of aliphatic hydroxyl groups is 1. The lowest BCUT2D eigenvalue weighted by Crippen LogP contribution is -2.18. The van der Waals surface area contributed by atoms with Crippen LogP contribution in [0, 0.1) is 0 Å². The number of anilines is 3. The number of nitrogens with two attached hydrogens (primary N) is 1. The smallest absolute Gasteiger partial charge is 0.128 e. The molecule has 0 bridgehead atoms. The molecular formula is C21H22ClFN4O2. The lowest BCUT2D eigenvalue weighted by molar-refractivity contribution is 0.292. The first kappa shape index (κ1) is 20.9. The van der Waals surface area contributed by atoms with E-state index in [9.17, 15) is 9.50 Å². The Hall–Kier alpha value is -2.87. The molecular weight excluding hydrogens is 395 g/mol. The minimum atomic E-state index is -0.655. The van der Waals surface area contributed by atoms with E-state index in [0.717, 1.165) is 5.56 Å². The number of hydrogen-bond donors (Lipinski definition) is 5. The lowest BCUT2D eigenvalue weighted by atomic mass is 10.1. The van der Waals surface area contributed by atoms with E-state index >= 15 is 0 Å². The van der Waals surface area contributed by atoms with Crippen molar-refractivity contribution in [3.05, 3.63) is 64.7 Å². The largest absolute Gasteiger partial charge is 0.507 e. The maximum absolute atomic E-state index is 13.3. The maximum Gasteiger partial charge on any atom is 0.128 e. The highest BCUT2D eigenvalue weighted by molar-refractivity contribution is 6.30. The second kappa shape index (κ2) is 9.56. The highest BCUT2D eigenvalue weighted by atomic mass is 35.5. The van der Waals surface area contributed by atoms with Crippen molar-refractivity contribution in [2.75, 3.05) is 24.2 Å². The first-order valence-corrected chi connectivity index (χ1v) is 9.41. The molecule has 2 aromatic carbocycles. The summed E-state index contributed by atoms with van der Waals surface area (Å²) < 4.78 is 13.3. The molecule has 0 saturated carbocycles. The Balaban J connectivity index is 1.87. The number of nitrogens with one attached hydrogen (secondary N) is 2. The van der Waals surface area contributed by atoms with Crippen LogP contribution >= 0.6 is 11.6 Å². The van der Waals surface area contributed by atoms with Gasteiger partial charge in [-0.05, 0) is 42.5 Å². The van der Waals surface area contributed by atoms with Crippen LogP contribution in [0.1, 0.15) is 11.1 Å². The molecule has 0 aliphatic heterocycles. The number of aromatic nitrogens is 1. The van der Waals surface area contributed by atoms with Gasteiger partial charge in [0.05, 0.1) is 12.3 Å². The third kappa shape index (κ3) is 5.14. The summed E-state index contributed by atoms with van der Waals surface area (Å²) in [6.07, 6.45) is 0. The van der Waals surface area contributed by atoms with Crippen LogP contribution in [-0.2, 0) is 13.2 Å². The predicted octanol–water partition coefficient (Wildman–Crippen LogP) is 3.98. The maximum atomic E-state index is 13.3. The number of halogens is 2. The third-order valence-electron chi connectivity index (χ3n) is 4.38. The topological polar surface area (TPSA) is 103 Å². The zero-order valence-electron chi connectivity index (χ0n) is 15.6. The van der Waals surface area contributed by atoms with Gasteiger partial charge in [0.25, 0.3) is 0 Å². The first-order valence-electron chi connectivity index (χ1n) is 9.03. The van der Waals surface area contributed by atoms with Crippen LogP contribution in [-0.4, -0.2) is 28.3 Å². The zero-order chi connectivity index (χ0) is 20.8. The highest BCUT2D eigenvalue weighted by Gasteiger charge is 2.11. The summed E-state index contributed by atoms with van der Waals surface area (Å²) in [7, 11) is 0. The van der Waals surface area contributed by atoms with Gasteiger partial charge in [-0.25, -0.2) is 9.37 Å². The normalized spacial score (nSPS) is 10.9. The van der Waals surface area contributed by atoms with Gasteiger partial charge >= 0.3 is 0 Å². The molecule has 1 aromatic heterocycles. The first-order chi connectivity index (χ1) is 14.0. The Morgan fingerprint density at radius 1 is 1.07 bits per heavy atom. The van der Waals surface area contributed by atoms with Crippen LogP contribution in [0.4, 0.5) is 21.6 Å². The number of alkyl halides is 1. The third-order valence-corrected chi connectivity index (χ3v) is 4.61.